The van der Waals surface area contributed by atoms with Crippen LogP contribution in [-0.2, 0) is 15.8 Å². The number of imide groups is 1. The van der Waals surface area contributed by atoms with Crippen LogP contribution in [0.4, 0.5) is 23.7 Å². The minimum Gasteiger partial charge on any atom is -0.331 e. The van der Waals surface area contributed by atoms with Crippen LogP contribution < -0.4 is 10.2 Å². The monoisotopic (exact) mass is 581 g/mol. The number of unbranched alkanes of at least 4 members (excludes halogenated alkanes) is 2. The number of nitrogens with one attached hydrogen (secondary N) is 1. The molecule has 0 radical (unpaired) electrons. The SMILES string of the molecule is CC1=C(CCCCCN2CCN(C(=O)N[C@H](C)c3ccccc3)CC2)C(=O)N(c2ccc(C#N)c(C(F)(F)F)c2)C1=O. The first-order chi connectivity index (χ1) is 20.0. The average Bonchev–Trinajstić information content (AvgIpc) is 3.19. The molecule has 1 fully saturated rings. The Bertz CT molecular complexity index is 1390. The number of rotatable bonds is 9. The summed E-state index contributed by atoms with van der Waals surface area (Å²) in [5, 5.41) is 12.1. The van der Waals surface area contributed by atoms with Crippen LogP contribution in [0.5, 0.6) is 0 Å². The summed E-state index contributed by atoms with van der Waals surface area (Å²) in [4.78, 5) is 43.4. The fourth-order valence-electron chi connectivity index (χ4n) is 5.31. The predicted octanol–water partition coefficient (Wildman–Crippen LogP) is 5.42. The van der Waals surface area contributed by atoms with Crippen molar-refractivity contribution < 1.29 is 27.6 Å². The lowest BCUT2D eigenvalue weighted by molar-refractivity contribution is -0.138. The molecule has 4 rings (SSSR count). The maximum atomic E-state index is 13.4. The zero-order chi connectivity index (χ0) is 30.4. The van der Waals surface area contributed by atoms with E-state index in [1.54, 1.807) is 0 Å². The fraction of sp³-hybridized carbons (Fsp3) is 0.419. The first kappa shape index (κ1) is 30.8. The minimum absolute atomic E-state index is 0.0740. The number of nitrogens with zero attached hydrogens (tertiary/aromatic N) is 4. The van der Waals surface area contributed by atoms with Gasteiger partial charge < -0.3 is 10.2 Å². The largest absolute Gasteiger partial charge is 0.417 e. The second-order valence-electron chi connectivity index (χ2n) is 10.6. The first-order valence-corrected chi connectivity index (χ1v) is 14.0. The lowest BCUT2D eigenvalue weighted by Crippen LogP contribution is -2.52. The van der Waals surface area contributed by atoms with E-state index in [0.29, 0.717) is 37.6 Å². The van der Waals surface area contributed by atoms with Crippen LogP contribution in [0.25, 0.3) is 0 Å². The number of urea groups is 1. The van der Waals surface area contributed by atoms with Crippen LogP contribution in [0.1, 0.15) is 62.3 Å². The standard InChI is InChI=1S/C31H34F3N5O3/c1-21-26(29(41)39(28(21)40)25-13-12-24(20-35)27(19-25)31(32,33)34)11-7-4-8-14-37-15-17-38(18-16-37)30(42)36-22(2)23-9-5-3-6-10-23/h3,5-6,9-10,12-13,19,22H,4,7-8,11,14-18H2,1-2H3,(H,36,42)/t22-/m1/s1. The highest BCUT2D eigenvalue weighted by atomic mass is 19.4. The Hall–Kier alpha value is -4.17. The Morgan fingerprint density at radius 1 is 1.00 bits per heavy atom. The van der Waals surface area contributed by atoms with Gasteiger partial charge in [0.2, 0.25) is 0 Å². The van der Waals surface area contributed by atoms with Gasteiger partial charge in [-0.25, -0.2) is 9.69 Å². The molecule has 42 heavy (non-hydrogen) atoms. The van der Waals surface area contributed by atoms with Gasteiger partial charge in [0, 0.05) is 37.3 Å². The topological polar surface area (TPSA) is 96.8 Å². The minimum atomic E-state index is -4.79. The molecule has 2 aliphatic rings. The van der Waals surface area contributed by atoms with E-state index in [1.807, 2.05) is 42.2 Å². The van der Waals surface area contributed by atoms with Gasteiger partial charge in [-0.2, -0.15) is 18.4 Å². The molecule has 1 saturated heterocycles. The maximum absolute atomic E-state index is 13.4. The summed E-state index contributed by atoms with van der Waals surface area (Å²) in [6.45, 7) is 7.13. The summed E-state index contributed by atoms with van der Waals surface area (Å²) in [6, 6.07) is 14.0. The number of piperazine rings is 1. The molecular formula is C31H34F3N5O3. The number of carbonyl (C=O) groups excluding carboxylic acids is 3. The molecule has 0 bridgehead atoms. The van der Waals surface area contributed by atoms with Crippen LogP contribution in [0.3, 0.4) is 0 Å². The van der Waals surface area contributed by atoms with Gasteiger partial charge in [0.25, 0.3) is 11.8 Å². The molecule has 222 valence electrons. The van der Waals surface area contributed by atoms with Crippen LogP contribution in [0.2, 0.25) is 0 Å². The molecule has 2 aliphatic heterocycles. The molecule has 0 aliphatic carbocycles. The van der Waals surface area contributed by atoms with Crippen molar-refractivity contribution in [2.45, 2.75) is 51.7 Å². The second-order valence-corrected chi connectivity index (χ2v) is 10.6. The summed E-state index contributed by atoms with van der Waals surface area (Å²) >= 11 is 0. The summed E-state index contributed by atoms with van der Waals surface area (Å²) in [5.74, 6) is -1.26. The molecule has 2 aromatic carbocycles. The smallest absolute Gasteiger partial charge is 0.331 e. The number of benzene rings is 2. The lowest BCUT2D eigenvalue weighted by atomic mass is 10.0. The van der Waals surface area contributed by atoms with Crippen LogP contribution in [-0.4, -0.2) is 60.4 Å². The van der Waals surface area contributed by atoms with Crippen molar-refractivity contribution in [2.75, 3.05) is 37.6 Å². The first-order valence-electron chi connectivity index (χ1n) is 14.0. The number of hydrogen-bond acceptors (Lipinski definition) is 5. The third-order valence-electron chi connectivity index (χ3n) is 7.83. The number of halogens is 3. The quantitative estimate of drug-likeness (QED) is 0.315. The number of carbonyl (C=O) groups is 3. The Morgan fingerprint density at radius 2 is 1.69 bits per heavy atom. The average molecular weight is 582 g/mol. The molecule has 0 unspecified atom stereocenters. The van der Waals surface area contributed by atoms with E-state index in [2.05, 4.69) is 10.2 Å². The molecule has 0 aromatic heterocycles. The predicted molar refractivity (Wildman–Crippen MR) is 151 cm³/mol. The summed E-state index contributed by atoms with van der Waals surface area (Å²) in [7, 11) is 0. The number of alkyl halides is 3. The van der Waals surface area contributed by atoms with E-state index in [0.717, 1.165) is 49.0 Å². The second kappa shape index (κ2) is 13.2. The van der Waals surface area contributed by atoms with E-state index < -0.39 is 29.1 Å². The number of hydrogen-bond donors (Lipinski definition) is 1. The van der Waals surface area contributed by atoms with Crippen molar-refractivity contribution in [1.82, 2.24) is 15.1 Å². The van der Waals surface area contributed by atoms with Gasteiger partial charge in [-0.15, -0.1) is 0 Å². The Balaban J connectivity index is 1.21. The molecule has 0 saturated carbocycles. The van der Waals surface area contributed by atoms with Gasteiger partial charge in [0.1, 0.15) is 0 Å². The van der Waals surface area contributed by atoms with E-state index in [1.165, 1.54) is 19.1 Å². The Morgan fingerprint density at radius 3 is 2.33 bits per heavy atom. The molecule has 1 atom stereocenters. The summed E-state index contributed by atoms with van der Waals surface area (Å²) in [6.07, 6.45) is -2.11. The number of nitriles is 1. The van der Waals surface area contributed by atoms with Gasteiger partial charge in [0.05, 0.1) is 28.9 Å². The molecular weight excluding hydrogens is 547 g/mol. The van der Waals surface area contributed by atoms with Crippen molar-refractivity contribution in [2.24, 2.45) is 0 Å². The normalized spacial score (nSPS) is 17.0. The van der Waals surface area contributed by atoms with Crippen molar-refractivity contribution >= 4 is 23.5 Å². The zero-order valence-electron chi connectivity index (χ0n) is 23.7. The third kappa shape index (κ3) is 6.99. The Kier molecular flexibility index (Phi) is 9.68. The zero-order valence-corrected chi connectivity index (χ0v) is 23.7. The molecule has 2 heterocycles. The maximum Gasteiger partial charge on any atom is 0.417 e. The summed E-state index contributed by atoms with van der Waals surface area (Å²) < 4.78 is 40.2. The molecule has 1 N–H and O–H groups in total. The van der Waals surface area contributed by atoms with E-state index >= 15 is 0 Å². The van der Waals surface area contributed by atoms with E-state index in [9.17, 15) is 27.6 Å². The van der Waals surface area contributed by atoms with Crippen LogP contribution in [0.15, 0.2) is 59.7 Å². The highest BCUT2D eigenvalue weighted by Crippen LogP contribution is 2.37. The van der Waals surface area contributed by atoms with Crippen LogP contribution in [0, 0.1) is 11.3 Å². The van der Waals surface area contributed by atoms with Gasteiger partial charge in [-0.05, 0) is 63.4 Å². The highest BCUT2D eigenvalue weighted by molar-refractivity contribution is 6.32. The van der Waals surface area contributed by atoms with Crippen molar-refractivity contribution in [1.29, 1.82) is 5.26 Å². The van der Waals surface area contributed by atoms with Crippen molar-refractivity contribution in [3.8, 4) is 6.07 Å². The molecule has 11 heteroatoms. The van der Waals surface area contributed by atoms with Crippen LogP contribution >= 0.6 is 0 Å². The summed E-state index contributed by atoms with van der Waals surface area (Å²) in [5.41, 5.74) is -0.365. The Labute approximate surface area is 243 Å². The van der Waals surface area contributed by atoms with E-state index in [4.69, 9.17) is 5.26 Å². The van der Waals surface area contributed by atoms with Gasteiger partial charge in [-0.1, -0.05) is 36.8 Å². The molecule has 4 amide bonds. The molecule has 8 nitrogen and oxygen atoms in total. The van der Waals surface area contributed by atoms with Crippen molar-refractivity contribution in [3.05, 3.63) is 76.4 Å². The molecule has 2 aromatic rings. The van der Waals surface area contributed by atoms with Crippen molar-refractivity contribution in [3.63, 3.8) is 0 Å². The lowest BCUT2D eigenvalue weighted by Gasteiger charge is -2.35. The highest BCUT2D eigenvalue weighted by Gasteiger charge is 2.39. The fourth-order valence-corrected chi connectivity index (χ4v) is 5.31. The third-order valence-corrected chi connectivity index (χ3v) is 7.83. The number of amides is 4. The van der Waals surface area contributed by atoms with Gasteiger partial charge >= 0.3 is 12.2 Å². The van der Waals surface area contributed by atoms with Gasteiger partial charge in [0.15, 0.2) is 0 Å². The van der Waals surface area contributed by atoms with Gasteiger partial charge in [-0.3, -0.25) is 14.5 Å². The molecule has 0 spiro atoms. The number of anilines is 1. The van der Waals surface area contributed by atoms with E-state index in [-0.39, 0.29) is 23.3 Å².